The van der Waals surface area contributed by atoms with Crippen LogP contribution in [-0.2, 0) is 38.0 Å². The van der Waals surface area contributed by atoms with Gasteiger partial charge in [-0.1, -0.05) is 11.6 Å². The number of alkyl carbamates (subject to hydrolysis) is 4. The minimum Gasteiger partial charge on any atom is -0.870 e. The van der Waals surface area contributed by atoms with E-state index in [1.165, 1.54) is 52.2 Å². The van der Waals surface area contributed by atoms with E-state index in [2.05, 4.69) is 148 Å². The molecular formula is C66H107Br4Cl2LiN14O18S. The van der Waals surface area contributed by atoms with Crippen LogP contribution in [0.4, 0.5) is 36.6 Å². The van der Waals surface area contributed by atoms with Crippen molar-refractivity contribution in [3.63, 3.8) is 0 Å². The van der Waals surface area contributed by atoms with E-state index in [0.29, 0.717) is 122 Å². The summed E-state index contributed by atoms with van der Waals surface area (Å²) >= 11 is 22.6. The van der Waals surface area contributed by atoms with Gasteiger partial charge in [0.25, 0.3) is 0 Å². The Kier molecular flexibility index (Phi) is 63.3. The van der Waals surface area contributed by atoms with Crippen molar-refractivity contribution >= 4 is 172 Å². The number of rotatable bonds is 28. The van der Waals surface area contributed by atoms with E-state index in [1.54, 1.807) is 18.2 Å². The smallest absolute Gasteiger partial charge is 0.870 e. The second kappa shape index (κ2) is 60.6. The molecule has 4 aromatic heterocycles. The molecule has 40 heteroatoms. The number of amides is 5. The first-order valence-corrected chi connectivity index (χ1v) is 36.1. The van der Waals surface area contributed by atoms with Gasteiger partial charge in [0.15, 0.2) is 0 Å². The number of thiol groups is 1. The predicted octanol–water partition coefficient (Wildman–Crippen LogP) is 10.7. The number of aromatic carboxylic acids is 1. The number of methoxy groups -OCH3 is 3. The Labute approximate surface area is 684 Å². The maximum atomic E-state index is 11.5. The van der Waals surface area contributed by atoms with Gasteiger partial charge in [0.2, 0.25) is 5.91 Å². The summed E-state index contributed by atoms with van der Waals surface area (Å²) in [5.74, 6) is -0.131. The summed E-state index contributed by atoms with van der Waals surface area (Å²) < 4.78 is 36.4. The molecular weight excluding hydrogens is 1710 g/mol. The number of nitrogens with one attached hydrogen (secondary N) is 7. The number of ether oxygens (including phenoxy) is 7. The minimum atomic E-state index is -1.02. The van der Waals surface area contributed by atoms with Gasteiger partial charge in [0, 0.05) is 76.4 Å². The number of aromatic nitrogens is 4. The third-order valence-electron chi connectivity index (χ3n) is 11.2. The molecule has 0 aliphatic heterocycles. The molecule has 0 aliphatic carbocycles. The molecule has 0 aromatic carbocycles. The molecule has 4 heterocycles. The molecule has 0 atom stereocenters. The number of hydrogen-bond acceptors (Lipinski definition) is 27. The SMILES string of the molecule is CC(C)(C)OC(=O)NCCCCN.CC(C)(C)OC(=O)NCCCCNc1ncc(C(=O)O)cc1Br.CC(C)(C)OC(=O)NCCCCNc1ncc(C(N)=O)cc1Br.COC(=O)CCS.COC(=O)c1cnc(Cl)c(Br)c1.COC(=O)c1cnc(NCCCCNC(=O)OC(C)(C)C)c(Br)c1.Cl.N.[Li+].[OH-]. The quantitative estimate of drug-likeness (QED) is 0.00627. The number of carbonyl (C=O) groups is 9. The summed E-state index contributed by atoms with van der Waals surface area (Å²) in [4.78, 5) is 116. The molecule has 0 saturated carbocycles. The number of unbranched alkanes of at least 4 members (excludes halogenated alkanes) is 4. The first-order chi connectivity index (χ1) is 47.5. The van der Waals surface area contributed by atoms with Crippen LogP contribution in [0.25, 0.3) is 0 Å². The molecule has 32 nitrogen and oxygen atoms in total. The molecule has 5 amide bonds. The fourth-order valence-electron chi connectivity index (χ4n) is 6.69. The summed E-state index contributed by atoms with van der Waals surface area (Å²) in [6.07, 6.45) is 11.1. The van der Waals surface area contributed by atoms with Crippen LogP contribution in [0.5, 0.6) is 0 Å². The van der Waals surface area contributed by atoms with E-state index in [9.17, 15) is 43.2 Å². The van der Waals surface area contributed by atoms with E-state index in [-0.39, 0.29) is 60.5 Å². The Morgan fingerprint density at radius 3 is 1.00 bits per heavy atom. The number of carboxylic acids is 1. The molecule has 106 heavy (non-hydrogen) atoms. The second-order valence-corrected chi connectivity index (χ2v) is 29.2. The number of primary amides is 1. The summed E-state index contributed by atoms with van der Waals surface area (Å²) in [5, 5.41) is 29.4. The van der Waals surface area contributed by atoms with E-state index >= 15 is 0 Å². The van der Waals surface area contributed by atoms with E-state index in [4.69, 9.17) is 47.1 Å². The Hall–Kier alpha value is -6.24. The van der Waals surface area contributed by atoms with Gasteiger partial charge < -0.3 is 98.6 Å². The van der Waals surface area contributed by atoms with Crippen LogP contribution >= 0.6 is 100 Å². The molecule has 4 rings (SSSR count). The molecule has 16 N–H and O–H groups in total. The van der Waals surface area contributed by atoms with Gasteiger partial charge in [0.1, 0.15) is 45.0 Å². The third kappa shape index (κ3) is 59.8. The third-order valence-corrected chi connectivity index (χ3v) is 14.4. The van der Waals surface area contributed by atoms with Crippen LogP contribution in [0.3, 0.4) is 0 Å². The Balaban J connectivity index is -0.000000291. The second-order valence-electron chi connectivity index (χ2n) is 25.0. The molecule has 0 spiro atoms. The van der Waals surface area contributed by atoms with Crippen molar-refractivity contribution in [3.05, 3.63) is 94.4 Å². The summed E-state index contributed by atoms with van der Waals surface area (Å²) in [6, 6.07) is 6.34. The fourth-order valence-corrected chi connectivity index (χ4v) is 8.79. The normalized spacial score (nSPS) is 10.2. The molecule has 0 aliphatic rings. The van der Waals surface area contributed by atoms with Gasteiger partial charge in [-0.25, -0.2) is 53.5 Å². The van der Waals surface area contributed by atoms with E-state index in [0.717, 1.165) is 51.4 Å². The van der Waals surface area contributed by atoms with Crippen molar-refractivity contribution in [1.82, 2.24) is 47.4 Å². The zero-order chi connectivity index (χ0) is 78.2. The number of nitrogens with two attached hydrogens (primary N) is 2. The number of esters is 3. The Morgan fingerprint density at radius 1 is 0.472 bits per heavy atom. The molecule has 598 valence electrons. The van der Waals surface area contributed by atoms with Crippen LogP contribution in [0.1, 0.15) is 182 Å². The van der Waals surface area contributed by atoms with Crippen molar-refractivity contribution in [3.8, 4) is 0 Å². The van der Waals surface area contributed by atoms with Crippen LogP contribution in [-0.4, -0.2) is 187 Å². The van der Waals surface area contributed by atoms with Crippen LogP contribution < -0.4 is 73.7 Å². The van der Waals surface area contributed by atoms with Crippen molar-refractivity contribution < 1.29 is 106 Å². The van der Waals surface area contributed by atoms with E-state index in [1.807, 2.05) is 83.1 Å². The van der Waals surface area contributed by atoms with Crippen molar-refractivity contribution in [2.75, 3.05) is 95.4 Å². The average Bonchev–Trinajstić information content (AvgIpc) is 0.867. The number of pyridine rings is 4. The first-order valence-electron chi connectivity index (χ1n) is 32.0. The zero-order valence-electron chi connectivity index (χ0n) is 63.2. The van der Waals surface area contributed by atoms with Crippen molar-refractivity contribution in [1.29, 1.82) is 0 Å². The number of carboxylic acid groups (broad SMARTS) is 1. The number of anilines is 3. The molecule has 0 radical (unpaired) electrons. The van der Waals surface area contributed by atoms with Gasteiger partial charge >= 0.3 is 67.1 Å². The van der Waals surface area contributed by atoms with Gasteiger partial charge in [-0.15, -0.1) is 12.4 Å². The molecule has 0 fully saturated rings. The maximum Gasteiger partial charge on any atom is 1.00 e. The monoisotopic (exact) mass is 1810 g/mol. The minimum absolute atomic E-state index is 0. The Morgan fingerprint density at radius 2 is 0.745 bits per heavy atom. The molecule has 0 unspecified atom stereocenters. The Bertz CT molecular complexity index is 3150. The average molecular weight is 1810 g/mol. The van der Waals surface area contributed by atoms with Crippen LogP contribution in [0, 0.1) is 0 Å². The van der Waals surface area contributed by atoms with Crippen LogP contribution in [0.15, 0.2) is 66.9 Å². The number of hydrogen-bond donors (Lipinski definition) is 12. The molecule has 0 bridgehead atoms. The topological polar surface area (TPSA) is 491 Å². The zero-order valence-corrected chi connectivity index (χ0v) is 72.0. The standard InChI is InChI=1S/C16H24BrN3O4.C15H23BrN4O3.C15H22BrN3O4.C9H20N2O2.C7H5BrClNO2.C4H8O2S.ClH.Li.H3N.H2O/c1-16(2,3)24-15(22)19-8-6-5-7-18-13-12(17)9-11(10-20-13)14(21)23-4;1-15(2,3)23-14(22)19-7-5-4-6-18-13-11(16)8-10(9-20-13)12(17)21;1-15(2,3)23-14(22)18-7-5-4-6-17-12-11(16)8-10(9-19-12)13(20)21;1-9(2,3)13-8(12)11-7-5-4-6-10;1-12-7(11)4-2-5(8)6(9)10-3-4;1-6-4(5)2-3-7;;;;/h9-10H,5-8H2,1-4H3,(H,18,20)(H,19,22);8-9H,4-7H2,1-3H3,(H2,17,21)(H,18,20)(H,19,22);8-9H,4-7H2,1-3H3,(H,17,19)(H,18,22)(H,20,21);4-7,10H2,1-3H3,(H,11,12);2-3H,1H3;7H,2-3H2,1H3;1H;;1H3;1H2/q;;;;;;;+1;;/p-1. The van der Waals surface area contributed by atoms with Gasteiger partial charge in [-0.3, -0.25) is 9.59 Å². The maximum absolute atomic E-state index is 11.5. The van der Waals surface area contributed by atoms with E-state index < -0.39 is 64.5 Å². The number of halogens is 6. The van der Waals surface area contributed by atoms with Crippen molar-refractivity contribution in [2.24, 2.45) is 11.5 Å². The van der Waals surface area contributed by atoms with Gasteiger partial charge in [-0.2, -0.15) is 12.6 Å². The summed E-state index contributed by atoms with van der Waals surface area (Å²) in [7, 11) is 4.00. The van der Waals surface area contributed by atoms with Gasteiger partial charge in [-0.05, 0) is 229 Å². The fraction of sp³-hybridized carbons (Fsp3) is 0.561. The largest absolute Gasteiger partial charge is 1.00 e. The van der Waals surface area contributed by atoms with Gasteiger partial charge in [0.05, 0.1) is 67.9 Å². The van der Waals surface area contributed by atoms with Crippen molar-refractivity contribution in [2.45, 2.75) is 163 Å². The predicted molar refractivity (Wildman–Crippen MR) is 424 cm³/mol. The summed E-state index contributed by atoms with van der Waals surface area (Å²) in [6.45, 7) is 26.9. The molecule has 4 aromatic rings. The number of nitrogens with zero attached hydrogens (tertiary/aromatic N) is 4. The first kappa shape index (κ1) is 111. The number of carbonyl (C=O) groups excluding carboxylic acids is 8. The van der Waals surface area contributed by atoms with Crippen LogP contribution in [0.2, 0.25) is 5.15 Å². The summed E-state index contributed by atoms with van der Waals surface area (Å²) in [5.41, 5.74) is 9.84. The molecule has 0 saturated heterocycles.